The molecule has 0 spiro atoms. The standard InChI is InChI=1S/C27H29N3O2S/c1-6-19-9-8-10-20(7-2)24(19)29-25(31)18(5)30-15-28-26-23(27(30)32)22(14-33-26)21-12-11-16(3)13-17(21)4/h8-15,18H,6-7H2,1-5H3,(H,29,31). The third-order valence-electron chi connectivity index (χ3n) is 6.24. The quantitative estimate of drug-likeness (QED) is 0.381. The Morgan fingerprint density at radius 2 is 1.79 bits per heavy atom. The summed E-state index contributed by atoms with van der Waals surface area (Å²) >= 11 is 1.45. The van der Waals surface area contributed by atoms with Crippen molar-refractivity contribution in [3.05, 3.63) is 80.7 Å². The summed E-state index contributed by atoms with van der Waals surface area (Å²) in [6, 6.07) is 11.6. The number of benzene rings is 2. The lowest BCUT2D eigenvalue weighted by molar-refractivity contribution is -0.118. The van der Waals surface area contributed by atoms with Gasteiger partial charge in [-0.15, -0.1) is 11.3 Å². The van der Waals surface area contributed by atoms with Gasteiger partial charge in [-0.25, -0.2) is 4.98 Å². The predicted molar refractivity (Wildman–Crippen MR) is 137 cm³/mol. The van der Waals surface area contributed by atoms with Crippen molar-refractivity contribution in [2.24, 2.45) is 0 Å². The summed E-state index contributed by atoms with van der Waals surface area (Å²) in [7, 11) is 0. The minimum atomic E-state index is -0.698. The molecule has 2 aromatic heterocycles. The molecule has 33 heavy (non-hydrogen) atoms. The van der Waals surface area contributed by atoms with Crippen LogP contribution in [-0.4, -0.2) is 15.5 Å². The monoisotopic (exact) mass is 459 g/mol. The van der Waals surface area contributed by atoms with Crippen LogP contribution in [0.2, 0.25) is 0 Å². The van der Waals surface area contributed by atoms with E-state index in [1.54, 1.807) is 6.92 Å². The highest BCUT2D eigenvalue weighted by molar-refractivity contribution is 7.17. The molecule has 2 heterocycles. The zero-order chi connectivity index (χ0) is 23.7. The number of nitrogens with one attached hydrogen (secondary N) is 1. The van der Waals surface area contributed by atoms with E-state index in [9.17, 15) is 9.59 Å². The van der Waals surface area contributed by atoms with Crippen molar-refractivity contribution in [1.29, 1.82) is 0 Å². The van der Waals surface area contributed by atoms with Crippen molar-refractivity contribution in [2.75, 3.05) is 5.32 Å². The lowest BCUT2D eigenvalue weighted by Crippen LogP contribution is -2.32. The van der Waals surface area contributed by atoms with E-state index in [0.717, 1.165) is 46.3 Å². The lowest BCUT2D eigenvalue weighted by atomic mass is 9.99. The third-order valence-corrected chi connectivity index (χ3v) is 7.12. The van der Waals surface area contributed by atoms with Crippen LogP contribution in [-0.2, 0) is 17.6 Å². The minimum absolute atomic E-state index is 0.196. The van der Waals surface area contributed by atoms with Gasteiger partial charge in [0.2, 0.25) is 5.91 Å². The van der Waals surface area contributed by atoms with E-state index in [1.165, 1.54) is 27.8 Å². The molecule has 1 N–H and O–H groups in total. The Morgan fingerprint density at radius 3 is 2.42 bits per heavy atom. The van der Waals surface area contributed by atoms with E-state index in [-0.39, 0.29) is 11.5 Å². The average Bonchev–Trinajstić information content (AvgIpc) is 3.23. The lowest BCUT2D eigenvalue weighted by Gasteiger charge is -2.19. The summed E-state index contributed by atoms with van der Waals surface area (Å²) in [6.45, 7) is 9.99. The third kappa shape index (κ3) is 4.23. The number of rotatable bonds is 6. The smallest absolute Gasteiger partial charge is 0.263 e. The number of carbonyl (C=O) groups is 1. The van der Waals surface area contributed by atoms with Gasteiger partial charge >= 0.3 is 0 Å². The van der Waals surface area contributed by atoms with Gasteiger partial charge in [-0.05, 0) is 55.9 Å². The van der Waals surface area contributed by atoms with Gasteiger partial charge in [0.05, 0.1) is 11.7 Å². The largest absolute Gasteiger partial charge is 0.324 e. The number of anilines is 1. The van der Waals surface area contributed by atoms with Gasteiger partial charge in [0.15, 0.2) is 0 Å². The number of nitrogens with zero attached hydrogens (tertiary/aromatic N) is 2. The van der Waals surface area contributed by atoms with Gasteiger partial charge in [0.25, 0.3) is 5.56 Å². The minimum Gasteiger partial charge on any atom is -0.324 e. The Morgan fingerprint density at radius 1 is 1.09 bits per heavy atom. The molecule has 5 nitrogen and oxygen atoms in total. The first kappa shape index (κ1) is 22.9. The van der Waals surface area contributed by atoms with Gasteiger partial charge in [0.1, 0.15) is 10.9 Å². The molecule has 0 bridgehead atoms. The van der Waals surface area contributed by atoms with Crippen molar-refractivity contribution >= 4 is 33.1 Å². The van der Waals surface area contributed by atoms with Gasteiger partial charge in [-0.1, -0.05) is 55.8 Å². The zero-order valence-corrected chi connectivity index (χ0v) is 20.5. The molecule has 1 unspecified atom stereocenters. The Balaban J connectivity index is 1.74. The molecule has 1 amide bonds. The van der Waals surface area contributed by atoms with Gasteiger partial charge < -0.3 is 5.32 Å². The normalized spacial score (nSPS) is 12.2. The van der Waals surface area contributed by atoms with E-state index in [4.69, 9.17) is 0 Å². The van der Waals surface area contributed by atoms with Crippen LogP contribution in [0.25, 0.3) is 21.3 Å². The maximum absolute atomic E-state index is 13.6. The van der Waals surface area contributed by atoms with Crippen LogP contribution >= 0.6 is 11.3 Å². The van der Waals surface area contributed by atoms with Crippen molar-refractivity contribution in [1.82, 2.24) is 9.55 Å². The summed E-state index contributed by atoms with van der Waals surface area (Å²) in [5, 5.41) is 5.64. The molecule has 0 fully saturated rings. The topological polar surface area (TPSA) is 64.0 Å². The van der Waals surface area contributed by atoms with E-state index < -0.39 is 6.04 Å². The van der Waals surface area contributed by atoms with Crippen molar-refractivity contribution < 1.29 is 4.79 Å². The van der Waals surface area contributed by atoms with Crippen LogP contribution in [0.1, 0.15) is 49.1 Å². The number of thiophene rings is 1. The summed E-state index contributed by atoms with van der Waals surface area (Å²) in [5.41, 5.74) is 7.01. The maximum atomic E-state index is 13.6. The average molecular weight is 460 g/mol. The maximum Gasteiger partial charge on any atom is 0.263 e. The molecule has 6 heteroatoms. The molecule has 0 saturated heterocycles. The second-order valence-corrected chi connectivity index (χ2v) is 9.29. The molecule has 1 atom stereocenters. The second kappa shape index (κ2) is 9.32. The number of amides is 1. The summed E-state index contributed by atoms with van der Waals surface area (Å²) in [4.78, 5) is 32.0. The highest BCUT2D eigenvalue weighted by Gasteiger charge is 2.22. The molecule has 0 saturated carbocycles. The number of hydrogen-bond donors (Lipinski definition) is 1. The molecular weight excluding hydrogens is 430 g/mol. The predicted octanol–water partition coefficient (Wildman–Crippen LogP) is 6.07. The zero-order valence-electron chi connectivity index (χ0n) is 19.7. The summed E-state index contributed by atoms with van der Waals surface area (Å²) < 4.78 is 1.44. The first-order valence-corrected chi connectivity index (χ1v) is 12.2. The number of fused-ring (bicyclic) bond motifs is 1. The van der Waals surface area contributed by atoms with Crippen molar-refractivity contribution in [3.63, 3.8) is 0 Å². The number of para-hydroxylation sites is 1. The molecule has 4 aromatic rings. The fourth-order valence-corrected chi connectivity index (χ4v) is 5.19. The van der Waals surface area contributed by atoms with E-state index in [0.29, 0.717) is 10.2 Å². The highest BCUT2D eigenvalue weighted by atomic mass is 32.1. The van der Waals surface area contributed by atoms with Crippen LogP contribution in [0.3, 0.4) is 0 Å². The Kier molecular flexibility index (Phi) is 6.47. The van der Waals surface area contributed by atoms with Gasteiger partial charge in [-0.3, -0.25) is 14.2 Å². The molecule has 0 aliphatic heterocycles. The van der Waals surface area contributed by atoms with E-state index in [1.807, 2.05) is 42.6 Å². The first-order valence-electron chi connectivity index (χ1n) is 11.3. The van der Waals surface area contributed by atoms with Crippen molar-refractivity contribution in [3.8, 4) is 11.1 Å². The van der Waals surface area contributed by atoms with Gasteiger partial charge in [0, 0.05) is 16.6 Å². The van der Waals surface area contributed by atoms with Crippen LogP contribution in [0.15, 0.2) is 52.9 Å². The molecule has 0 aliphatic carbocycles. The van der Waals surface area contributed by atoms with Crippen LogP contribution in [0, 0.1) is 13.8 Å². The van der Waals surface area contributed by atoms with E-state index in [2.05, 4.69) is 37.1 Å². The Bertz CT molecular complexity index is 1380. The summed E-state index contributed by atoms with van der Waals surface area (Å²) in [6.07, 6.45) is 3.13. The van der Waals surface area contributed by atoms with E-state index >= 15 is 0 Å². The molecule has 170 valence electrons. The second-order valence-electron chi connectivity index (χ2n) is 8.43. The first-order chi connectivity index (χ1) is 15.8. The number of aryl methyl sites for hydroxylation is 4. The number of hydrogen-bond acceptors (Lipinski definition) is 4. The number of aromatic nitrogens is 2. The SMILES string of the molecule is CCc1cccc(CC)c1NC(=O)C(C)n1cnc2scc(-c3ccc(C)cc3C)c2c1=O. The Labute approximate surface area is 198 Å². The van der Waals surface area contributed by atoms with Crippen molar-refractivity contribution in [2.45, 2.75) is 53.5 Å². The fraction of sp³-hybridized carbons (Fsp3) is 0.296. The Hall–Kier alpha value is -3.25. The molecular formula is C27H29N3O2S. The molecule has 4 rings (SSSR count). The van der Waals surface area contributed by atoms with Crippen LogP contribution < -0.4 is 10.9 Å². The molecule has 0 radical (unpaired) electrons. The van der Waals surface area contributed by atoms with Gasteiger partial charge in [-0.2, -0.15) is 0 Å². The summed E-state index contributed by atoms with van der Waals surface area (Å²) in [5.74, 6) is -0.225. The highest BCUT2D eigenvalue weighted by Crippen LogP contribution is 2.33. The number of carbonyl (C=O) groups excluding carboxylic acids is 1. The molecule has 0 aliphatic rings. The fourth-order valence-electron chi connectivity index (χ4n) is 4.29. The molecule has 2 aromatic carbocycles. The van der Waals surface area contributed by atoms with Crippen LogP contribution in [0.5, 0.6) is 0 Å². The van der Waals surface area contributed by atoms with Crippen LogP contribution in [0.4, 0.5) is 5.69 Å².